The predicted molar refractivity (Wildman–Crippen MR) is 102 cm³/mol. The maximum absolute atomic E-state index is 12.5. The van der Waals surface area contributed by atoms with E-state index in [1.54, 1.807) is 6.07 Å². The lowest BCUT2D eigenvalue weighted by Crippen LogP contribution is -2.36. The first-order valence-electron chi connectivity index (χ1n) is 8.98. The molecule has 0 spiro atoms. The Bertz CT molecular complexity index is 952. The molecule has 9 nitrogen and oxygen atoms in total. The summed E-state index contributed by atoms with van der Waals surface area (Å²) in [6, 6.07) is 6.27. The molecule has 0 radical (unpaired) electrons. The quantitative estimate of drug-likeness (QED) is 0.588. The number of hydrogen-bond acceptors (Lipinski definition) is 8. The summed E-state index contributed by atoms with van der Waals surface area (Å²) in [4.78, 5) is 9.73. The largest absolute Gasteiger partial charge is 0.573 e. The van der Waals surface area contributed by atoms with Gasteiger partial charge >= 0.3 is 6.36 Å². The van der Waals surface area contributed by atoms with Gasteiger partial charge < -0.3 is 19.7 Å². The average Bonchev–Trinajstić information content (AvgIpc) is 2.71. The standard InChI is InChI=1S/C17H20F3N5O4S/c18-17(19,20)29-13-3-1-2-4-14(13)30(26,27)24-6-5-21-15-11-16(23-12-22-15)25-7-9-28-10-8-25/h1-4,11-12,24H,5-10H2,(H,21,22,23). The van der Waals surface area contributed by atoms with Crippen LogP contribution in [0.5, 0.6) is 5.75 Å². The maximum Gasteiger partial charge on any atom is 0.573 e. The lowest BCUT2D eigenvalue weighted by Gasteiger charge is -2.27. The average molecular weight is 447 g/mol. The molecule has 1 aliphatic heterocycles. The summed E-state index contributed by atoms with van der Waals surface area (Å²) in [6.45, 7) is 2.69. The number of nitrogens with zero attached hydrogens (tertiary/aromatic N) is 3. The van der Waals surface area contributed by atoms with Crippen molar-refractivity contribution in [3.63, 3.8) is 0 Å². The molecular formula is C17H20F3N5O4S. The Kier molecular flexibility index (Phi) is 6.95. The SMILES string of the molecule is O=S(=O)(NCCNc1cc(N2CCOCC2)ncn1)c1ccccc1OC(F)(F)F. The Morgan fingerprint density at radius 2 is 1.87 bits per heavy atom. The highest BCUT2D eigenvalue weighted by molar-refractivity contribution is 7.89. The molecule has 2 aromatic rings. The Labute approximate surface area is 171 Å². The molecule has 30 heavy (non-hydrogen) atoms. The number of hydrogen-bond donors (Lipinski definition) is 2. The third-order valence-corrected chi connectivity index (χ3v) is 5.58. The van der Waals surface area contributed by atoms with Crippen LogP contribution in [0.3, 0.4) is 0 Å². The van der Waals surface area contributed by atoms with Gasteiger partial charge in [0.05, 0.1) is 13.2 Å². The first-order chi connectivity index (χ1) is 14.2. The predicted octanol–water partition coefficient (Wildman–Crippen LogP) is 1.60. The summed E-state index contributed by atoms with van der Waals surface area (Å²) >= 11 is 0. The summed E-state index contributed by atoms with van der Waals surface area (Å²) in [6.07, 6.45) is -3.61. The van der Waals surface area contributed by atoms with Gasteiger partial charge in [-0.1, -0.05) is 12.1 Å². The summed E-state index contributed by atoms with van der Waals surface area (Å²) < 4.78 is 73.6. The van der Waals surface area contributed by atoms with Crippen LogP contribution in [-0.2, 0) is 14.8 Å². The van der Waals surface area contributed by atoms with E-state index < -0.39 is 27.0 Å². The normalized spacial score (nSPS) is 15.1. The molecule has 3 rings (SSSR count). The topological polar surface area (TPSA) is 106 Å². The van der Waals surface area contributed by atoms with E-state index in [2.05, 4.69) is 24.7 Å². The second-order valence-corrected chi connectivity index (χ2v) is 7.92. The minimum atomic E-state index is -5.00. The number of rotatable bonds is 8. The van der Waals surface area contributed by atoms with Gasteiger partial charge in [0.25, 0.3) is 0 Å². The number of halogens is 3. The number of nitrogens with one attached hydrogen (secondary N) is 2. The number of para-hydroxylation sites is 1. The fourth-order valence-electron chi connectivity index (χ4n) is 2.74. The highest BCUT2D eigenvalue weighted by Crippen LogP contribution is 2.29. The van der Waals surface area contributed by atoms with Gasteiger partial charge in [0, 0.05) is 32.2 Å². The van der Waals surface area contributed by atoms with E-state index in [0.29, 0.717) is 32.1 Å². The number of benzene rings is 1. The third-order valence-electron chi connectivity index (χ3n) is 4.08. The van der Waals surface area contributed by atoms with Gasteiger partial charge in [0.1, 0.15) is 28.6 Å². The number of morpholine rings is 1. The molecule has 0 saturated carbocycles. The van der Waals surface area contributed by atoms with E-state index in [9.17, 15) is 21.6 Å². The number of anilines is 2. The zero-order valence-electron chi connectivity index (χ0n) is 15.7. The van der Waals surface area contributed by atoms with Crippen molar-refractivity contribution in [3.05, 3.63) is 36.7 Å². The van der Waals surface area contributed by atoms with E-state index in [4.69, 9.17) is 4.74 Å². The van der Waals surface area contributed by atoms with Crippen molar-refractivity contribution in [1.82, 2.24) is 14.7 Å². The Balaban J connectivity index is 1.57. The van der Waals surface area contributed by atoms with Crippen molar-refractivity contribution < 1.29 is 31.1 Å². The second-order valence-electron chi connectivity index (χ2n) is 6.18. The summed E-state index contributed by atoms with van der Waals surface area (Å²) in [5.41, 5.74) is 0. The fourth-order valence-corrected chi connectivity index (χ4v) is 3.90. The van der Waals surface area contributed by atoms with Gasteiger partial charge in [0.15, 0.2) is 0 Å². The van der Waals surface area contributed by atoms with E-state index in [1.807, 2.05) is 4.90 Å². The number of alkyl halides is 3. The summed E-state index contributed by atoms with van der Waals surface area (Å²) in [5, 5.41) is 2.95. The Hall–Kier alpha value is -2.64. The molecule has 1 fully saturated rings. The van der Waals surface area contributed by atoms with Crippen molar-refractivity contribution >= 4 is 21.7 Å². The molecule has 1 aromatic heterocycles. The molecule has 1 aromatic carbocycles. The minimum absolute atomic E-state index is 0.0838. The molecule has 164 valence electrons. The molecule has 0 aliphatic carbocycles. The van der Waals surface area contributed by atoms with Crippen LogP contribution in [0.25, 0.3) is 0 Å². The van der Waals surface area contributed by atoms with Crippen LogP contribution in [-0.4, -0.2) is 64.1 Å². The molecular weight excluding hydrogens is 427 g/mol. The van der Waals surface area contributed by atoms with Gasteiger partial charge in [-0.25, -0.2) is 23.1 Å². The van der Waals surface area contributed by atoms with Crippen LogP contribution in [0.2, 0.25) is 0 Å². The Morgan fingerprint density at radius 3 is 2.60 bits per heavy atom. The van der Waals surface area contributed by atoms with Crippen LogP contribution in [0, 0.1) is 0 Å². The lowest BCUT2D eigenvalue weighted by atomic mass is 10.3. The molecule has 1 aliphatic rings. The number of sulfonamides is 1. The summed E-state index contributed by atoms with van der Waals surface area (Å²) in [7, 11) is -4.21. The fraction of sp³-hybridized carbons (Fsp3) is 0.412. The molecule has 2 heterocycles. The minimum Gasteiger partial charge on any atom is -0.404 e. The van der Waals surface area contributed by atoms with Crippen LogP contribution in [0.15, 0.2) is 41.6 Å². The molecule has 1 saturated heterocycles. The Morgan fingerprint density at radius 1 is 1.13 bits per heavy atom. The smallest absolute Gasteiger partial charge is 0.404 e. The number of aromatic nitrogens is 2. The van der Waals surface area contributed by atoms with Gasteiger partial charge in [-0.2, -0.15) is 0 Å². The molecule has 0 unspecified atom stereocenters. The van der Waals surface area contributed by atoms with Crippen LogP contribution >= 0.6 is 0 Å². The van der Waals surface area contributed by atoms with E-state index >= 15 is 0 Å². The van der Waals surface area contributed by atoms with E-state index in [1.165, 1.54) is 18.5 Å². The monoisotopic (exact) mass is 447 g/mol. The molecule has 0 bridgehead atoms. The van der Waals surface area contributed by atoms with Crippen LogP contribution < -0.4 is 19.7 Å². The molecule has 2 N–H and O–H groups in total. The van der Waals surface area contributed by atoms with Crippen molar-refractivity contribution in [3.8, 4) is 5.75 Å². The van der Waals surface area contributed by atoms with E-state index in [0.717, 1.165) is 18.0 Å². The maximum atomic E-state index is 12.5. The van der Waals surface area contributed by atoms with Crippen molar-refractivity contribution in [2.75, 3.05) is 49.6 Å². The molecule has 13 heteroatoms. The highest BCUT2D eigenvalue weighted by Gasteiger charge is 2.33. The van der Waals surface area contributed by atoms with Crippen molar-refractivity contribution in [2.45, 2.75) is 11.3 Å². The van der Waals surface area contributed by atoms with Crippen molar-refractivity contribution in [2.24, 2.45) is 0 Å². The highest BCUT2D eigenvalue weighted by atomic mass is 32.2. The van der Waals surface area contributed by atoms with Gasteiger partial charge in [-0.15, -0.1) is 13.2 Å². The van der Waals surface area contributed by atoms with Gasteiger partial charge in [-0.3, -0.25) is 0 Å². The van der Waals surface area contributed by atoms with Gasteiger partial charge in [0.2, 0.25) is 10.0 Å². The third kappa shape index (κ3) is 6.18. The second kappa shape index (κ2) is 9.45. The number of ether oxygens (including phenoxy) is 2. The van der Waals surface area contributed by atoms with Gasteiger partial charge in [-0.05, 0) is 12.1 Å². The van der Waals surface area contributed by atoms with Crippen LogP contribution in [0.1, 0.15) is 0 Å². The zero-order valence-corrected chi connectivity index (χ0v) is 16.5. The van der Waals surface area contributed by atoms with Crippen molar-refractivity contribution in [1.29, 1.82) is 0 Å². The first kappa shape index (κ1) is 22.1. The lowest BCUT2D eigenvalue weighted by molar-refractivity contribution is -0.275. The van der Waals surface area contributed by atoms with E-state index in [-0.39, 0.29) is 13.1 Å². The van der Waals surface area contributed by atoms with Crippen LogP contribution in [0.4, 0.5) is 24.8 Å². The molecule has 0 amide bonds. The summed E-state index contributed by atoms with van der Waals surface area (Å²) in [5.74, 6) is 0.414. The molecule has 0 atom stereocenters. The zero-order chi connectivity index (χ0) is 21.6. The first-order valence-corrected chi connectivity index (χ1v) is 10.5.